The first kappa shape index (κ1) is 19.9. The third-order valence-electron chi connectivity index (χ3n) is 5.41. The van der Waals surface area contributed by atoms with Gasteiger partial charge in [0.1, 0.15) is 41.7 Å². The van der Waals surface area contributed by atoms with Gasteiger partial charge in [-0.1, -0.05) is 18.2 Å². The van der Waals surface area contributed by atoms with Crippen molar-refractivity contribution in [3.05, 3.63) is 53.6 Å². The standard InChI is InChI=1S/C21H24O8/c22-9-17-18(24)19(25)20(26)21(29-17)28-15-6-3-12-7-13(10-27-16(12)8-15)11-1-4-14(23)5-2-11/h1-6,8,13,17-26H,7,9-10H2/t13-,17?,18+,19-,20?,21-/m0/s1. The lowest BCUT2D eigenvalue weighted by Crippen LogP contribution is -2.60. The van der Waals surface area contributed by atoms with Gasteiger partial charge < -0.3 is 39.7 Å². The molecule has 1 fully saturated rings. The van der Waals surface area contributed by atoms with Crippen LogP contribution in [0.1, 0.15) is 17.0 Å². The summed E-state index contributed by atoms with van der Waals surface area (Å²) in [6.45, 7) is -0.0436. The fourth-order valence-electron chi connectivity index (χ4n) is 3.69. The van der Waals surface area contributed by atoms with E-state index in [2.05, 4.69) is 0 Å². The molecule has 0 radical (unpaired) electrons. The quantitative estimate of drug-likeness (QED) is 0.492. The van der Waals surface area contributed by atoms with Crippen molar-refractivity contribution in [1.82, 2.24) is 0 Å². The van der Waals surface area contributed by atoms with Gasteiger partial charge in [0.05, 0.1) is 13.2 Å². The molecule has 156 valence electrons. The lowest BCUT2D eigenvalue weighted by molar-refractivity contribution is -0.277. The van der Waals surface area contributed by atoms with E-state index in [0.717, 1.165) is 17.5 Å². The highest BCUT2D eigenvalue weighted by molar-refractivity contribution is 5.44. The zero-order valence-corrected chi connectivity index (χ0v) is 15.6. The van der Waals surface area contributed by atoms with Crippen LogP contribution in [0.3, 0.4) is 0 Å². The Morgan fingerprint density at radius 3 is 2.45 bits per heavy atom. The van der Waals surface area contributed by atoms with Gasteiger partial charge in [-0.15, -0.1) is 0 Å². The molecule has 8 nitrogen and oxygen atoms in total. The monoisotopic (exact) mass is 404 g/mol. The molecule has 2 aromatic carbocycles. The number of phenols is 1. The zero-order valence-electron chi connectivity index (χ0n) is 15.6. The van der Waals surface area contributed by atoms with Crippen LogP contribution in [0, 0.1) is 0 Å². The van der Waals surface area contributed by atoms with Gasteiger partial charge in [-0.05, 0) is 35.7 Å². The Morgan fingerprint density at radius 1 is 0.966 bits per heavy atom. The average Bonchev–Trinajstić information content (AvgIpc) is 2.74. The number of hydrogen-bond acceptors (Lipinski definition) is 8. The first-order valence-corrected chi connectivity index (χ1v) is 9.48. The van der Waals surface area contributed by atoms with Crippen LogP contribution in [0.25, 0.3) is 0 Å². The van der Waals surface area contributed by atoms with Crippen LogP contribution in [0.5, 0.6) is 17.2 Å². The molecular weight excluding hydrogens is 380 g/mol. The van der Waals surface area contributed by atoms with Gasteiger partial charge in [-0.2, -0.15) is 0 Å². The van der Waals surface area contributed by atoms with E-state index in [1.54, 1.807) is 24.3 Å². The van der Waals surface area contributed by atoms with E-state index in [0.29, 0.717) is 18.1 Å². The highest BCUT2D eigenvalue weighted by Gasteiger charge is 2.44. The second kappa shape index (κ2) is 8.17. The van der Waals surface area contributed by atoms with Crippen LogP contribution in [0.15, 0.2) is 42.5 Å². The number of rotatable bonds is 4. The van der Waals surface area contributed by atoms with Gasteiger partial charge >= 0.3 is 0 Å². The molecule has 1 saturated heterocycles. The second-order valence-corrected chi connectivity index (χ2v) is 7.39. The molecule has 2 aliphatic heterocycles. The van der Waals surface area contributed by atoms with E-state index in [1.807, 2.05) is 18.2 Å². The Hall–Kier alpha value is -2.36. The maximum Gasteiger partial charge on any atom is 0.229 e. The highest BCUT2D eigenvalue weighted by Crippen LogP contribution is 2.36. The molecule has 29 heavy (non-hydrogen) atoms. The molecule has 0 bridgehead atoms. The molecule has 0 aliphatic carbocycles. The molecule has 0 saturated carbocycles. The van der Waals surface area contributed by atoms with E-state index in [1.165, 1.54) is 0 Å². The Morgan fingerprint density at radius 2 is 1.72 bits per heavy atom. The third kappa shape index (κ3) is 4.03. The van der Waals surface area contributed by atoms with Crippen molar-refractivity contribution < 1.29 is 39.7 Å². The van der Waals surface area contributed by atoms with Crippen molar-refractivity contribution in [2.45, 2.75) is 43.0 Å². The van der Waals surface area contributed by atoms with E-state index < -0.39 is 37.3 Å². The molecule has 6 atom stereocenters. The molecular formula is C21H24O8. The average molecular weight is 404 g/mol. The Bertz CT molecular complexity index is 837. The lowest BCUT2D eigenvalue weighted by Gasteiger charge is -2.39. The number of aliphatic hydroxyl groups excluding tert-OH is 4. The first-order chi connectivity index (χ1) is 14.0. The van der Waals surface area contributed by atoms with Gasteiger partial charge in [0.2, 0.25) is 6.29 Å². The normalized spacial score (nSPS) is 31.6. The predicted molar refractivity (Wildman–Crippen MR) is 101 cm³/mol. The summed E-state index contributed by atoms with van der Waals surface area (Å²) in [6, 6.07) is 12.3. The Balaban J connectivity index is 1.46. The molecule has 8 heteroatoms. The van der Waals surface area contributed by atoms with E-state index in [-0.39, 0.29) is 11.7 Å². The highest BCUT2D eigenvalue weighted by atomic mass is 16.7. The topological polar surface area (TPSA) is 129 Å². The molecule has 2 unspecified atom stereocenters. The van der Waals surface area contributed by atoms with E-state index in [4.69, 9.17) is 14.2 Å². The Kier molecular flexibility index (Phi) is 5.62. The van der Waals surface area contributed by atoms with Gasteiger partial charge in [-0.25, -0.2) is 0 Å². The molecule has 0 aromatic heterocycles. The molecule has 0 amide bonds. The zero-order chi connectivity index (χ0) is 20.5. The van der Waals surface area contributed by atoms with Crippen molar-refractivity contribution in [2.75, 3.05) is 13.2 Å². The second-order valence-electron chi connectivity index (χ2n) is 7.39. The van der Waals surface area contributed by atoms with Crippen molar-refractivity contribution in [3.8, 4) is 17.2 Å². The van der Waals surface area contributed by atoms with E-state index in [9.17, 15) is 25.5 Å². The van der Waals surface area contributed by atoms with Crippen molar-refractivity contribution in [1.29, 1.82) is 0 Å². The number of hydrogen-bond donors (Lipinski definition) is 5. The number of fused-ring (bicyclic) bond motifs is 1. The third-order valence-corrected chi connectivity index (χ3v) is 5.41. The van der Waals surface area contributed by atoms with Crippen LogP contribution in [-0.2, 0) is 11.2 Å². The summed E-state index contributed by atoms with van der Waals surface area (Å²) in [5.74, 6) is 1.42. The number of aromatic hydroxyl groups is 1. The summed E-state index contributed by atoms with van der Waals surface area (Å²) < 4.78 is 16.9. The van der Waals surface area contributed by atoms with Crippen molar-refractivity contribution >= 4 is 0 Å². The van der Waals surface area contributed by atoms with Crippen molar-refractivity contribution in [3.63, 3.8) is 0 Å². The number of aliphatic hydroxyl groups is 4. The minimum absolute atomic E-state index is 0.167. The van der Waals surface area contributed by atoms with Gasteiger partial charge in [0, 0.05) is 12.0 Å². The fraction of sp³-hybridized carbons (Fsp3) is 0.429. The lowest BCUT2D eigenvalue weighted by atomic mass is 9.90. The van der Waals surface area contributed by atoms with Crippen LogP contribution in [0.2, 0.25) is 0 Å². The molecule has 2 aromatic rings. The summed E-state index contributed by atoms with van der Waals surface area (Å²) in [5, 5.41) is 48.6. The van der Waals surface area contributed by atoms with Crippen LogP contribution < -0.4 is 9.47 Å². The summed E-state index contributed by atoms with van der Waals surface area (Å²) >= 11 is 0. The maximum absolute atomic E-state index is 10.1. The largest absolute Gasteiger partial charge is 0.508 e. The smallest absolute Gasteiger partial charge is 0.229 e. The van der Waals surface area contributed by atoms with Crippen molar-refractivity contribution in [2.24, 2.45) is 0 Å². The number of benzene rings is 2. The van der Waals surface area contributed by atoms with Crippen LogP contribution >= 0.6 is 0 Å². The molecule has 4 rings (SSSR count). The van der Waals surface area contributed by atoms with Crippen LogP contribution in [-0.4, -0.2) is 69.5 Å². The molecule has 2 heterocycles. The fourth-order valence-corrected chi connectivity index (χ4v) is 3.69. The van der Waals surface area contributed by atoms with Gasteiger partial charge in [0.15, 0.2) is 0 Å². The Labute approximate surface area is 167 Å². The number of phenolic OH excluding ortho intramolecular Hbond substituents is 1. The van der Waals surface area contributed by atoms with Crippen LogP contribution in [0.4, 0.5) is 0 Å². The minimum Gasteiger partial charge on any atom is -0.508 e. The molecule has 5 N–H and O–H groups in total. The first-order valence-electron chi connectivity index (χ1n) is 9.48. The SMILES string of the molecule is OCC1O[C@H](Oc2ccc3c(c2)OC[C@@H](c2ccc(O)cc2)C3)C(O)[C@@H](O)[C@@H]1O. The summed E-state index contributed by atoms with van der Waals surface area (Å²) in [6.07, 6.45) is -5.90. The number of ether oxygens (including phenoxy) is 3. The van der Waals surface area contributed by atoms with E-state index >= 15 is 0 Å². The van der Waals surface area contributed by atoms with Gasteiger partial charge in [-0.3, -0.25) is 0 Å². The maximum atomic E-state index is 10.1. The van der Waals surface area contributed by atoms with Gasteiger partial charge in [0.25, 0.3) is 0 Å². The summed E-state index contributed by atoms with van der Waals surface area (Å²) in [7, 11) is 0. The minimum atomic E-state index is -1.49. The molecule has 0 spiro atoms. The molecule has 2 aliphatic rings. The predicted octanol–water partition coefficient (Wildman–Crippen LogP) is 0.290. The summed E-state index contributed by atoms with van der Waals surface area (Å²) in [4.78, 5) is 0. The summed E-state index contributed by atoms with van der Waals surface area (Å²) in [5.41, 5.74) is 2.07.